The van der Waals surface area contributed by atoms with E-state index in [0.717, 1.165) is 25.9 Å². The highest BCUT2D eigenvalue weighted by Gasteiger charge is 2.21. The van der Waals surface area contributed by atoms with E-state index < -0.39 is 6.10 Å². The van der Waals surface area contributed by atoms with Crippen molar-refractivity contribution in [1.29, 1.82) is 0 Å². The van der Waals surface area contributed by atoms with Crippen molar-refractivity contribution in [2.45, 2.75) is 31.9 Å². The third-order valence-electron chi connectivity index (χ3n) is 3.21. The second-order valence-corrected chi connectivity index (χ2v) is 5.74. The molecule has 2 N–H and O–H groups in total. The van der Waals surface area contributed by atoms with Crippen LogP contribution in [-0.2, 0) is 4.79 Å². The summed E-state index contributed by atoms with van der Waals surface area (Å²) in [7, 11) is 0. The number of halogens is 2. The summed E-state index contributed by atoms with van der Waals surface area (Å²) in [5.74, 6) is -0.0552. The van der Waals surface area contributed by atoms with Gasteiger partial charge in [0.2, 0.25) is 0 Å². The molecule has 1 fully saturated rings. The van der Waals surface area contributed by atoms with Gasteiger partial charge < -0.3 is 15.4 Å². The van der Waals surface area contributed by atoms with Crippen molar-refractivity contribution < 1.29 is 13.9 Å². The highest BCUT2D eigenvalue weighted by molar-refractivity contribution is 9.10. The van der Waals surface area contributed by atoms with Gasteiger partial charge in [0, 0.05) is 12.6 Å². The summed E-state index contributed by atoms with van der Waals surface area (Å²) in [6, 6.07) is 4.27. The first-order chi connectivity index (χ1) is 9.56. The highest BCUT2D eigenvalue weighted by Crippen LogP contribution is 2.26. The van der Waals surface area contributed by atoms with E-state index in [0.29, 0.717) is 10.2 Å². The van der Waals surface area contributed by atoms with Gasteiger partial charge in [-0.15, -0.1) is 0 Å². The van der Waals surface area contributed by atoms with Crippen LogP contribution in [0.4, 0.5) is 4.39 Å². The van der Waals surface area contributed by atoms with Crippen LogP contribution in [-0.4, -0.2) is 31.1 Å². The summed E-state index contributed by atoms with van der Waals surface area (Å²) in [6.45, 7) is 3.47. The van der Waals surface area contributed by atoms with Gasteiger partial charge in [-0.05, 0) is 60.4 Å². The second-order valence-electron chi connectivity index (χ2n) is 4.89. The molecule has 1 amide bonds. The summed E-state index contributed by atoms with van der Waals surface area (Å²) >= 11 is 3.22. The van der Waals surface area contributed by atoms with Gasteiger partial charge in [0.1, 0.15) is 11.6 Å². The van der Waals surface area contributed by atoms with Crippen molar-refractivity contribution in [2.75, 3.05) is 13.1 Å². The lowest BCUT2D eigenvalue weighted by atomic mass is 10.1. The van der Waals surface area contributed by atoms with E-state index >= 15 is 0 Å². The molecule has 1 aliphatic heterocycles. The first-order valence-electron chi connectivity index (χ1n) is 6.69. The Hall–Kier alpha value is -1.14. The van der Waals surface area contributed by atoms with Crippen LogP contribution in [0.2, 0.25) is 0 Å². The number of carbonyl (C=O) groups is 1. The Morgan fingerprint density at radius 1 is 1.60 bits per heavy atom. The molecule has 1 aliphatic rings. The van der Waals surface area contributed by atoms with Gasteiger partial charge in [-0.1, -0.05) is 0 Å². The van der Waals surface area contributed by atoms with Gasteiger partial charge in [0.25, 0.3) is 5.91 Å². The Labute approximate surface area is 126 Å². The van der Waals surface area contributed by atoms with Crippen LogP contribution < -0.4 is 15.4 Å². The quantitative estimate of drug-likeness (QED) is 0.880. The van der Waals surface area contributed by atoms with Crippen LogP contribution >= 0.6 is 15.9 Å². The lowest BCUT2D eigenvalue weighted by molar-refractivity contribution is -0.128. The minimum Gasteiger partial charge on any atom is -0.480 e. The summed E-state index contributed by atoms with van der Waals surface area (Å²) in [6.07, 6.45) is 1.41. The average molecular weight is 345 g/mol. The second kappa shape index (κ2) is 7.04. The summed E-state index contributed by atoms with van der Waals surface area (Å²) in [4.78, 5) is 12.0. The molecule has 0 aromatic heterocycles. The standard InChI is InChI=1S/C14H18BrFN2O2/c1-9(14(19)18-11-3-2-6-17-8-11)20-13-5-4-10(16)7-12(13)15/h4-5,7,9,11,17H,2-3,6,8H2,1H3,(H,18,19)/t9?,11-/m0/s1. The number of amides is 1. The Morgan fingerprint density at radius 2 is 2.40 bits per heavy atom. The molecule has 0 saturated carbocycles. The number of benzene rings is 1. The first-order valence-corrected chi connectivity index (χ1v) is 7.48. The van der Waals surface area contributed by atoms with E-state index in [4.69, 9.17) is 4.74 Å². The fourth-order valence-electron chi connectivity index (χ4n) is 2.11. The molecule has 2 atom stereocenters. The number of piperidine rings is 1. The summed E-state index contributed by atoms with van der Waals surface area (Å²) < 4.78 is 19.0. The van der Waals surface area contributed by atoms with Crippen molar-refractivity contribution >= 4 is 21.8 Å². The van der Waals surface area contributed by atoms with Crippen molar-refractivity contribution in [3.63, 3.8) is 0 Å². The van der Waals surface area contributed by atoms with Crippen molar-refractivity contribution in [3.05, 3.63) is 28.5 Å². The molecule has 0 bridgehead atoms. The fraction of sp³-hybridized carbons (Fsp3) is 0.500. The molecular weight excluding hydrogens is 327 g/mol. The maximum Gasteiger partial charge on any atom is 0.261 e. The van der Waals surface area contributed by atoms with Gasteiger partial charge in [-0.2, -0.15) is 0 Å². The maximum absolute atomic E-state index is 13.0. The smallest absolute Gasteiger partial charge is 0.261 e. The molecule has 1 aromatic rings. The fourth-order valence-corrected chi connectivity index (χ4v) is 2.55. The molecule has 0 spiro atoms. The van der Waals surface area contributed by atoms with Crippen LogP contribution in [0, 0.1) is 5.82 Å². The molecular formula is C14H18BrFN2O2. The first kappa shape index (κ1) is 15.3. The van der Waals surface area contributed by atoms with E-state index in [2.05, 4.69) is 26.6 Å². The number of nitrogens with one attached hydrogen (secondary N) is 2. The molecule has 0 radical (unpaired) electrons. The SMILES string of the molecule is CC(Oc1ccc(F)cc1Br)C(=O)N[C@H]1CCCNC1. The van der Waals surface area contributed by atoms with Gasteiger partial charge in [-0.3, -0.25) is 4.79 Å². The Bertz CT molecular complexity index is 478. The van der Waals surface area contributed by atoms with Crippen LogP contribution in [0.3, 0.4) is 0 Å². The predicted molar refractivity (Wildman–Crippen MR) is 78.2 cm³/mol. The largest absolute Gasteiger partial charge is 0.480 e. The third kappa shape index (κ3) is 4.18. The number of hydrogen-bond acceptors (Lipinski definition) is 3. The third-order valence-corrected chi connectivity index (χ3v) is 3.83. The zero-order valence-corrected chi connectivity index (χ0v) is 12.9. The summed E-state index contributed by atoms with van der Waals surface area (Å²) in [5, 5.41) is 6.19. The molecule has 0 aliphatic carbocycles. The Balaban J connectivity index is 1.89. The number of ether oxygens (including phenoxy) is 1. The van der Waals surface area contributed by atoms with E-state index in [-0.39, 0.29) is 17.8 Å². The topological polar surface area (TPSA) is 50.4 Å². The zero-order valence-electron chi connectivity index (χ0n) is 11.3. The lowest BCUT2D eigenvalue weighted by Gasteiger charge is -2.25. The zero-order chi connectivity index (χ0) is 14.5. The van der Waals surface area contributed by atoms with Crippen LogP contribution in [0.5, 0.6) is 5.75 Å². The molecule has 6 heteroatoms. The van der Waals surface area contributed by atoms with Crippen LogP contribution in [0.1, 0.15) is 19.8 Å². The Kier molecular flexibility index (Phi) is 5.37. The minimum absolute atomic E-state index is 0.152. The van der Waals surface area contributed by atoms with Crippen molar-refractivity contribution in [1.82, 2.24) is 10.6 Å². The maximum atomic E-state index is 13.0. The van der Waals surface area contributed by atoms with E-state index in [1.54, 1.807) is 6.92 Å². The van der Waals surface area contributed by atoms with Gasteiger partial charge in [0.15, 0.2) is 6.10 Å². The van der Waals surface area contributed by atoms with Gasteiger partial charge in [-0.25, -0.2) is 4.39 Å². The normalized spacial score (nSPS) is 20.2. The monoisotopic (exact) mass is 344 g/mol. The minimum atomic E-state index is -0.626. The molecule has 1 unspecified atom stereocenters. The molecule has 2 rings (SSSR count). The number of carbonyl (C=O) groups excluding carboxylic acids is 1. The van der Waals surface area contributed by atoms with Crippen molar-refractivity contribution in [3.8, 4) is 5.75 Å². The molecule has 20 heavy (non-hydrogen) atoms. The van der Waals surface area contributed by atoms with Crippen LogP contribution in [0.15, 0.2) is 22.7 Å². The number of hydrogen-bond donors (Lipinski definition) is 2. The van der Waals surface area contributed by atoms with Gasteiger partial charge in [0.05, 0.1) is 4.47 Å². The van der Waals surface area contributed by atoms with Gasteiger partial charge >= 0.3 is 0 Å². The van der Waals surface area contributed by atoms with E-state index in [1.807, 2.05) is 0 Å². The van der Waals surface area contributed by atoms with Crippen LogP contribution in [0.25, 0.3) is 0 Å². The van der Waals surface area contributed by atoms with E-state index in [1.165, 1.54) is 18.2 Å². The lowest BCUT2D eigenvalue weighted by Crippen LogP contribution is -2.49. The molecule has 1 aromatic carbocycles. The predicted octanol–water partition coefficient (Wildman–Crippen LogP) is 2.22. The molecule has 110 valence electrons. The molecule has 1 heterocycles. The summed E-state index contributed by atoms with van der Waals surface area (Å²) in [5.41, 5.74) is 0. The highest BCUT2D eigenvalue weighted by atomic mass is 79.9. The molecule has 4 nitrogen and oxygen atoms in total. The van der Waals surface area contributed by atoms with Crippen molar-refractivity contribution in [2.24, 2.45) is 0 Å². The molecule has 1 saturated heterocycles. The van der Waals surface area contributed by atoms with E-state index in [9.17, 15) is 9.18 Å². The number of rotatable bonds is 4. The Morgan fingerprint density at radius 3 is 3.05 bits per heavy atom. The average Bonchev–Trinajstić information content (AvgIpc) is 2.43.